The Hall–Kier alpha value is -1.51. The molecular formula is C15H16ClN3O3S2. The van der Waals surface area contributed by atoms with Crippen LogP contribution in [-0.4, -0.2) is 35.4 Å². The van der Waals surface area contributed by atoms with Gasteiger partial charge < -0.3 is 9.88 Å². The summed E-state index contributed by atoms with van der Waals surface area (Å²) < 4.78 is 25.0. The number of rotatable bonds is 4. The summed E-state index contributed by atoms with van der Waals surface area (Å²) in [5, 5.41) is 4.09. The number of carbonyl (C=O) groups excluding carboxylic acids is 1. The van der Waals surface area contributed by atoms with Gasteiger partial charge in [0.1, 0.15) is 0 Å². The van der Waals surface area contributed by atoms with Gasteiger partial charge in [0, 0.05) is 29.4 Å². The normalized spacial score (nSPS) is 19.3. The Labute approximate surface area is 149 Å². The molecule has 1 atom stereocenters. The van der Waals surface area contributed by atoms with E-state index in [-0.39, 0.29) is 17.4 Å². The molecule has 128 valence electrons. The lowest BCUT2D eigenvalue weighted by atomic mass is 10.1. The van der Waals surface area contributed by atoms with Crippen molar-refractivity contribution < 1.29 is 13.2 Å². The van der Waals surface area contributed by atoms with Crippen LogP contribution >= 0.6 is 23.4 Å². The maximum absolute atomic E-state index is 12.4. The van der Waals surface area contributed by atoms with Gasteiger partial charge in [-0.2, -0.15) is 0 Å². The van der Waals surface area contributed by atoms with E-state index < -0.39 is 15.8 Å². The first-order valence-electron chi connectivity index (χ1n) is 7.30. The number of nitrogens with zero attached hydrogens (tertiary/aromatic N) is 2. The number of anilines is 1. The maximum Gasteiger partial charge on any atom is 0.228 e. The topological polar surface area (TPSA) is 81.1 Å². The van der Waals surface area contributed by atoms with Crippen LogP contribution in [-0.2, 0) is 21.7 Å². The van der Waals surface area contributed by atoms with Gasteiger partial charge in [-0.05, 0) is 36.4 Å². The molecule has 1 aromatic heterocycles. The van der Waals surface area contributed by atoms with Gasteiger partial charge >= 0.3 is 0 Å². The molecule has 1 N–H and O–H groups in total. The summed E-state index contributed by atoms with van der Waals surface area (Å²) >= 11 is 7.44. The van der Waals surface area contributed by atoms with Gasteiger partial charge in [0.05, 0.1) is 23.1 Å². The molecule has 2 heterocycles. The largest absolute Gasteiger partial charge is 0.329 e. The Kier molecular flexibility index (Phi) is 4.89. The third-order valence-corrected chi connectivity index (χ3v) is 6.94. The number of sulfone groups is 1. The standard InChI is InChI=1S/C15H16ClN3O3S2/c1-19-6-5-17-15(19)23-13-3-2-11(16)8-12(13)18-14(20)10-4-7-24(21,22)9-10/h2-3,5-6,8,10H,4,7,9H2,1H3,(H,18,20). The van der Waals surface area contributed by atoms with Gasteiger partial charge in [0.2, 0.25) is 5.91 Å². The minimum Gasteiger partial charge on any atom is -0.329 e. The predicted molar refractivity (Wildman–Crippen MR) is 94.2 cm³/mol. The SMILES string of the molecule is Cn1ccnc1Sc1ccc(Cl)cc1NC(=O)C1CCS(=O)(=O)C1. The Balaban J connectivity index is 1.81. The van der Waals surface area contributed by atoms with Gasteiger partial charge in [-0.25, -0.2) is 13.4 Å². The molecule has 1 aliphatic heterocycles. The van der Waals surface area contributed by atoms with E-state index in [1.807, 2.05) is 23.9 Å². The molecule has 0 radical (unpaired) electrons. The fraction of sp³-hybridized carbons (Fsp3) is 0.333. The van der Waals surface area contributed by atoms with E-state index in [0.29, 0.717) is 17.1 Å². The van der Waals surface area contributed by atoms with Crippen LogP contribution in [0.5, 0.6) is 0 Å². The van der Waals surface area contributed by atoms with Crippen LogP contribution in [0.25, 0.3) is 0 Å². The molecular weight excluding hydrogens is 370 g/mol. The highest BCUT2D eigenvalue weighted by Gasteiger charge is 2.33. The van der Waals surface area contributed by atoms with Crippen LogP contribution in [0.1, 0.15) is 6.42 Å². The van der Waals surface area contributed by atoms with Crippen molar-refractivity contribution in [1.82, 2.24) is 9.55 Å². The van der Waals surface area contributed by atoms with Crippen molar-refractivity contribution in [2.45, 2.75) is 16.5 Å². The van der Waals surface area contributed by atoms with E-state index in [0.717, 1.165) is 10.1 Å². The number of hydrogen-bond donors (Lipinski definition) is 1. The molecule has 3 rings (SSSR count). The molecule has 1 saturated heterocycles. The van der Waals surface area contributed by atoms with Crippen molar-refractivity contribution >= 4 is 44.8 Å². The van der Waals surface area contributed by atoms with Gasteiger partial charge in [0.15, 0.2) is 15.0 Å². The number of halogens is 1. The molecule has 0 bridgehead atoms. The minimum atomic E-state index is -3.10. The van der Waals surface area contributed by atoms with E-state index in [9.17, 15) is 13.2 Å². The van der Waals surface area contributed by atoms with Gasteiger partial charge in [-0.3, -0.25) is 4.79 Å². The summed E-state index contributed by atoms with van der Waals surface area (Å²) in [5.74, 6) is -0.837. The van der Waals surface area contributed by atoms with Crippen LogP contribution in [0.4, 0.5) is 5.69 Å². The van der Waals surface area contributed by atoms with Crippen LogP contribution in [0.2, 0.25) is 5.02 Å². The molecule has 2 aromatic rings. The van der Waals surface area contributed by atoms with Gasteiger partial charge in [-0.15, -0.1) is 0 Å². The fourth-order valence-corrected chi connectivity index (χ4v) is 5.26. The molecule has 9 heteroatoms. The number of imidazole rings is 1. The summed E-state index contributed by atoms with van der Waals surface area (Å²) in [6.07, 6.45) is 3.89. The highest BCUT2D eigenvalue weighted by Crippen LogP contribution is 2.34. The molecule has 1 aliphatic rings. The summed E-state index contributed by atoms with van der Waals surface area (Å²) in [5.41, 5.74) is 0.560. The number of nitrogens with one attached hydrogen (secondary N) is 1. The molecule has 1 unspecified atom stereocenters. The first-order chi connectivity index (χ1) is 11.3. The number of amides is 1. The van der Waals surface area contributed by atoms with Crippen molar-refractivity contribution in [2.75, 3.05) is 16.8 Å². The first-order valence-corrected chi connectivity index (χ1v) is 10.3. The second-order valence-electron chi connectivity index (χ2n) is 5.65. The smallest absolute Gasteiger partial charge is 0.228 e. The lowest BCUT2D eigenvalue weighted by Crippen LogP contribution is -2.24. The van der Waals surface area contributed by atoms with Crippen LogP contribution < -0.4 is 5.32 Å². The van der Waals surface area contributed by atoms with E-state index >= 15 is 0 Å². The number of carbonyl (C=O) groups is 1. The molecule has 24 heavy (non-hydrogen) atoms. The van der Waals surface area contributed by atoms with Crippen molar-refractivity contribution in [2.24, 2.45) is 13.0 Å². The van der Waals surface area contributed by atoms with E-state index in [1.54, 1.807) is 18.3 Å². The number of benzene rings is 1. The Bertz CT molecular complexity index is 880. The van der Waals surface area contributed by atoms with E-state index in [1.165, 1.54) is 11.8 Å². The summed E-state index contributed by atoms with van der Waals surface area (Å²) in [4.78, 5) is 17.4. The molecule has 0 spiro atoms. The molecule has 1 fully saturated rings. The maximum atomic E-state index is 12.4. The second kappa shape index (κ2) is 6.78. The number of aromatic nitrogens is 2. The average molecular weight is 386 g/mol. The molecule has 6 nitrogen and oxygen atoms in total. The highest BCUT2D eigenvalue weighted by molar-refractivity contribution is 7.99. The zero-order valence-electron chi connectivity index (χ0n) is 12.9. The Morgan fingerprint density at radius 1 is 1.46 bits per heavy atom. The number of aryl methyl sites for hydroxylation is 1. The monoisotopic (exact) mass is 385 g/mol. The lowest BCUT2D eigenvalue weighted by Gasteiger charge is -2.13. The quantitative estimate of drug-likeness (QED) is 0.874. The fourth-order valence-electron chi connectivity index (χ4n) is 2.47. The van der Waals surface area contributed by atoms with Crippen LogP contribution in [0.15, 0.2) is 40.6 Å². The predicted octanol–water partition coefficient (Wildman–Crippen LogP) is 2.60. The van der Waals surface area contributed by atoms with E-state index in [2.05, 4.69) is 10.3 Å². The van der Waals surface area contributed by atoms with Crippen LogP contribution in [0.3, 0.4) is 0 Å². The zero-order valence-corrected chi connectivity index (χ0v) is 15.3. The highest BCUT2D eigenvalue weighted by atomic mass is 35.5. The molecule has 1 amide bonds. The van der Waals surface area contributed by atoms with Crippen molar-refractivity contribution in [3.63, 3.8) is 0 Å². The van der Waals surface area contributed by atoms with Crippen LogP contribution in [0, 0.1) is 5.92 Å². The Morgan fingerprint density at radius 3 is 2.88 bits per heavy atom. The van der Waals surface area contributed by atoms with Gasteiger partial charge in [0.25, 0.3) is 0 Å². The summed E-state index contributed by atoms with van der Waals surface area (Å²) in [6, 6.07) is 5.21. The summed E-state index contributed by atoms with van der Waals surface area (Å²) in [7, 11) is -1.22. The minimum absolute atomic E-state index is 0.0650. The molecule has 0 aliphatic carbocycles. The van der Waals surface area contributed by atoms with E-state index in [4.69, 9.17) is 11.6 Å². The zero-order chi connectivity index (χ0) is 17.3. The second-order valence-corrected chi connectivity index (χ2v) is 9.33. The third-order valence-electron chi connectivity index (χ3n) is 3.78. The first kappa shape index (κ1) is 17.3. The third kappa shape index (κ3) is 3.93. The van der Waals surface area contributed by atoms with Crippen molar-refractivity contribution in [1.29, 1.82) is 0 Å². The number of hydrogen-bond acceptors (Lipinski definition) is 5. The van der Waals surface area contributed by atoms with Gasteiger partial charge in [-0.1, -0.05) is 11.6 Å². The van der Waals surface area contributed by atoms with Crippen molar-refractivity contribution in [3.05, 3.63) is 35.6 Å². The van der Waals surface area contributed by atoms with Crippen molar-refractivity contribution in [3.8, 4) is 0 Å². The average Bonchev–Trinajstić information content (AvgIpc) is 3.07. The molecule has 1 aromatic carbocycles. The lowest BCUT2D eigenvalue weighted by molar-refractivity contribution is -0.119. The Morgan fingerprint density at radius 2 is 2.25 bits per heavy atom. The summed E-state index contributed by atoms with van der Waals surface area (Å²) in [6.45, 7) is 0. The molecule has 0 saturated carbocycles.